The molecule has 0 saturated carbocycles. The number of hydrogen-bond acceptors (Lipinski definition) is 3. The Bertz CT molecular complexity index is 532. The molecule has 0 aromatic rings. The van der Waals surface area contributed by atoms with Gasteiger partial charge in [-0.05, 0) is 67.5 Å². The van der Waals surface area contributed by atoms with Crippen molar-refractivity contribution in [1.29, 1.82) is 0 Å². The van der Waals surface area contributed by atoms with Crippen molar-refractivity contribution in [2.45, 2.75) is 52.0 Å². The molecule has 0 unspecified atom stereocenters. The molecule has 6 heteroatoms. The monoisotopic (exact) mass is 401 g/mol. The molecule has 0 aromatic carbocycles. The Balaban J connectivity index is 2.06. The standard InChI is InChI=1S/C18H29BrFN3O/c1-5-14(19)15(20)16(13(2)3)22-17(21-4)24-12-18-8-6-10-23(18)11-7-9-18/h5,13H,6-12H2,1-4H3,(H,21,22)/b14-5+,16-15-. The molecule has 0 bridgehead atoms. The van der Waals surface area contributed by atoms with Crippen LogP contribution in [0.4, 0.5) is 4.39 Å². The summed E-state index contributed by atoms with van der Waals surface area (Å²) in [4.78, 5) is 6.72. The largest absolute Gasteiger partial charge is 0.463 e. The Labute approximate surface area is 153 Å². The van der Waals surface area contributed by atoms with Crippen molar-refractivity contribution in [1.82, 2.24) is 10.2 Å². The van der Waals surface area contributed by atoms with Gasteiger partial charge in [0.15, 0.2) is 5.83 Å². The number of allylic oxidation sites excluding steroid dienone is 4. The summed E-state index contributed by atoms with van der Waals surface area (Å²) in [5, 5.41) is 3.06. The van der Waals surface area contributed by atoms with Crippen molar-refractivity contribution in [3.05, 3.63) is 22.1 Å². The van der Waals surface area contributed by atoms with E-state index in [0.717, 1.165) is 13.1 Å². The molecule has 4 nitrogen and oxygen atoms in total. The van der Waals surface area contributed by atoms with Gasteiger partial charge in [-0.15, -0.1) is 0 Å². The molecule has 0 aliphatic carbocycles. The predicted octanol–water partition coefficient (Wildman–Crippen LogP) is 4.34. The Morgan fingerprint density at radius 3 is 2.50 bits per heavy atom. The molecular formula is C18H29BrFN3O. The molecular weight excluding hydrogens is 373 g/mol. The van der Waals surface area contributed by atoms with Crippen LogP contribution in [-0.2, 0) is 4.74 Å². The smallest absolute Gasteiger partial charge is 0.288 e. The van der Waals surface area contributed by atoms with Gasteiger partial charge in [0, 0.05) is 7.05 Å². The molecule has 2 rings (SSSR count). The van der Waals surface area contributed by atoms with E-state index in [1.165, 1.54) is 25.7 Å². The summed E-state index contributed by atoms with van der Waals surface area (Å²) in [6.45, 7) is 8.62. The quantitative estimate of drug-likeness (QED) is 0.422. The number of rotatable bonds is 5. The Morgan fingerprint density at radius 1 is 1.38 bits per heavy atom. The zero-order valence-corrected chi connectivity index (χ0v) is 16.7. The first kappa shape index (κ1) is 19.4. The van der Waals surface area contributed by atoms with Gasteiger partial charge in [-0.1, -0.05) is 19.9 Å². The molecule has 2 heterocycles. The zero-order valence-electron chi connectivity index (χ0n) is 15.2. The van der Waals surface area contributed by atoms with E-state index < -0.39 is 0 Å². The third-order valence-corrected chi connectivity index (χ3v) is 5.82. The first-order valence-corrected chi connectivity index (χ1v) is 9.56. The van der Waals surface area contributed by atoms with Crippen molar-refractivity contribution in [3.63, 3.8) is 0 Å². The van der Waals surface area contributed by atoms with Crippen LogP contribution in [-0.4, -0.2) is 43.2 Å². The molecule has 136 valence electrons. The van der Waals surface area contributed by atoms with E-state index in [4.69, 9.17) is 4.74 Å². The second kappa shape index (κ2) is 8.48. The van der Waals surface area contributed by atoms with E-state index in [-0.39, 0.29) is 17.3 Å². The fraction of sp³-hybridized carbons (Fsp3) is 0.722. The lowest BCUT2D eigenvalue weighted by molar-refractivity contribution is 0.104. The van der Waals surface area contributed by atoms with Crippen LogP contribution in [0.5, 0.6) is 0 Å². The third kappa shape index (κ3) is 4.20. The van der Waals surface area contributed by atoms with Gasteiger partial charge in [-0.3, -0.25) is 4.90 Å². The van der Waals surface area contributed by atoms with E-state index in [1.807, 2.05) is 13.8 Å². The highest BCUT2D eigenvalue weighted by molar-refractivity contribution is 9.11. The first-order valence-electron chi connectivity index (χ1n) is 8.77. The number of halogens is 2. The van der Waals surface area contributed by atoms with Crippen molar-refractivity contribution in [2.75, 3.05) is 26.7 Å². The van der Waals surface area contributed by atoms with Crippen LogP contribution in [0.1, 0.15) is 46.5 Å². The van der Waals surface area contributed by atoms with Gasteiger partial charge in [-0.2, -0.15) is 0 Å². The third-order valence-electron chi connectivity index (χ3n) is 5.01. The van der Waals surface area contributed by atoms with Crippen molar-refractivity contribution >= 4 is 22.0 Å². The SMILES string of the molecule is C/C=C(Br)\C(F)=C(\NC(=NC)OCC12CCCN1CCC2)C(C)C. The lowest BCUT2D eigenvalue weighted by Gasteiger charge is -2.32. The van der Waals surface area contributed by atoms with Crippen LogP contribution >= 0.6 is 15.9 Å². The number of amidine groups is 1. The van der Waals surface area contributed by atoms with E-state index in [0.29, 0.717) is 22.8 Å². The fourth-order valence-corrected chi connectivity index (χ4v) is 3.86. The van der Waals surface area contributed by atoms with E-state index in [9.17, 15) is 4.39 Å². The van der Waals surface area contributed by atoms with E-state index >= 15 is 0 Å². The Kier molecular flexibility index (Phi) is 6.87. The molecule has 0 atom stereocenters. The summed E-state index contributed by atoms with van der Waals surface area (Å²) in [7, 11) is 1.67. The number of nitrogens with one attached hydrogen (secondary N) is 1. The lowest BCUT2D eigenvalue weighted by atomic mass is 9.95. The van der Waals surface area contributed by atoms with Crippen LogP contribution in [0.3, 0.4) is 0 Å². The molecule has 2 fully saturated rings. The molecule has 0 aromatic heterocycles. The van der Waals surface area contributed by atoms with Crippen LogP contribution in [0, 0.1) is 5.92 Å². The van der Waals surface area contributed by atoms with Gasteiger partial charge in [0.2, 0.25) is 0 Å². The average Bonchev–Trinajstić information content (AvgIpc) is 3.13. The first-order chi connectivity index (χ1) is 11.4. The maximum atomic E-state index is 14.5. The lowest BCUT2D eigenvalue weighted by Crippen LogP contribution is -2.44. The second-order valence-corrected chi connectivity index (χ2v) is 7.73. The zero-order chi connectivity index (χ0) is 17.7. The van der Waals surface area contributed by atoms with Gasteiger partial charge in [0.25, 0.3) is 6.02 Å². The maximum absolute atomic E-state index is 14.5. The van der Waals surface area contributed by atoms with E-state index in [2.05, 4.69) is 31.1 Å². The number of fused-ring (bicyclic) bond motifs is 1. The summed E-state index contributed by atoms with van der Waals surface area (Å²) in [6.07, 6.45) is 6.51. The molecule has 0 amide bonds. The van der Waals surface area contributed by atoms with Gasteiger partial charge >= 0.3 is 0 Å². The molecule has 0 radical (unpaired) electrons. The van der Waals surface area contributed by atoms with Crippen molar-refractivity contribution in [2.24, 2.45) is 10.9 Å². The summed E-state index contributed by atoms with van der Waals surface area (Å²) < 4.78 is 21.0. The van der Waals surface area contributed by atoms with Gasteiger partial charge in [-0.25, -0.2) is 9.38 Å². The van der Waals surface area contributed by atoms with Gasteiger partial charge in [0.1, 0.15) is 6.61 Å². The average molecular weight is 402 g/mol. The number of hydrogen-bond donors (Lipinski definition) is 1. The van der Waals surface area contributed by atoms with Crippen LogP contribution in [0.25, 0.3) is 0 Å². The highest BCUT2D eigenvalue weighted by atomic mass is 79.9. The minimum absolute atomic E-state index is 0.00882. The molecule has 2 aliphatic heterocycles. The Morgan fingerprint density at radius 2 is 2.00 bits per heavy atom. The number of nitrogens with zero attached hydrogens (tertiary/aromatic N) is 2. The minimum Gasteiger partial charge on any atom is -0.463 e. The molecule has 2 saturated heterocycles. The van der Waals surface area contributed by atoms with Crippen LogP contribution < -0.4 is 5.32 Å². The minimum atomic E-state index is -0.307. The molecule has 0 spiro atoms. The summed E-state index contributed by atoms with van der Waals surface area (Å²) in [6, 6.07) is 0.387. The summed E-state index contributed by atoms with van der Waals surface area (Å²) >= 11 is 3.25. The molecule has 24 heavy (non-hydrogen) atoms. The maximum Gasteiger partial charge on any atom is 0.288 e. The highest BCUT2D eigenvalue weighted by Crippen LogP contribution is 2.38. The number of ether oxygens (including phenoxy) is 1. The van der Waals surface area contributed by atoms with Gasteiger partial charge < -0.3 is 10.1 Å². The van der Waals surface area contributed by atoms with Crippen LogP contribution in [0.15, 0.2) is 27.1 Å². The van der Waals surface area contributed by atoms with Gasteiger partial charge in [0.05, 0.1) is 15.7 Å². The normalized spacial score (nSPS) is 22.6. The van der Waals surface area contributed by atoms with Crippen molar-refractivity contribution in [3.8, 4) is 0 Å². The molecule has 2 aliphatic rings. The highest BCUT2D eigenvalue weighted by Gasteiger charge is 2.45. The van der Waals surface area contributed by atoms with E-state index in [1.54, 1.807) is 20.0 Å². The number of aliphatic imine (C=N–C) groups is 1. The summed E-state index contributed by atoms with van der Waals surface area (Å²) in [5.41, 5.74) is 0.634. The van der Waals surface area contributed by atoms with Crippen LogP contribution in [0.2, 0.25) is 0 Å². The van der Waals surface area contributed by atoms with Crippen molar-refractivity contribution < 1.29 is 9.13 Å². The fourth-order valence-electron chi connectivity index (χ4n) is 3.64. The molecule has 1 N–H and O–H groups in total. The Hall–Kier alpha value is -0.880. The topological polar surface area (TPSA) is 36.9 Å². The summed E-state index contributed by atoms with van der Waals surface area (Å²) in [5.74, 6) is -0.316. The second-order valence-electron chi connectivity index (χ2n) is 6.88. The predicted molar refractivity (Wildman–Crippen MR) is 101 cm³/mol.